The zero-order valence-electron chi connectivity index (χ0n) is 24.7. The highest BCUT2D eigenvalue weighted by atomic mass is 35.5. The average Bonchev–Trinajstić information content (AvgIpc) is 3.38. The largest absolute Gasteiger partial charge is 0.488 e. The molecule has 3 heterocycles. The first-order chi connectivity index (χ1) is 20.5. The normalized spacial score (nSPS) is 23.7. The number of benzene rings is 2. The number of nitrogens with one attached hydrogen (secondary N) is 1. The lowest BCUT2D eigenvalue weighted by molar-refractivity contribution is -0.0935. The predicted octanol–water partition coefficient (Wildman–Crippen LogP) is 6.93. The van der Waals surface area contributed by atoms with E-state index in [4.69, 9.17) is 37.4 Å². The molecule has 1 aliphatic carbocycles. The van der Waals surface area contributed by atoms with Crippen molar-refractivity contribution in [2.45, 2.75) is 57.8 Å². The van der Waals surface area contributed by atoms with Crippen molar-refractivity contribution < 1.29 is 23.4 Å². The van der Waals surface area contributed by atoms with Gasteiger partial charge in [-0.25, -0.2) is 19.2 Å². The van der Waals surface area contributed by atoms with Crippen molar-refractivity contribution in [2.24, 2.45) is 11.8 Å². The summed E-state index contributed by atoms with van der Waals surface area (Å²) in [6.07, 6.45) is 4.22. The lowest BCUT2D eigenvalue weighted by Gasteiger charge is -2.52. The minimum absolute atomic E-state index is 0.0822. The second-order valence-electron chi connectivity index (χ2n) is 12.7. The Morgan fingerprint density at radius 1 is 1.14 bits per heavy atom. The second kappa shape index (κ2) is 11.8. The van der Waals surface area contributed by atoms with E-state index >= 15 is 0 Å². The highest BCUT2D eigenvalue weighted by Gasteiger charge is 2.50. The van der Waals surface area contributed by atoms with Crippen molar-refractivity contribution in [1.82, 2.24) is 19.8 Å². The second-order valence-corrected chi connectivity index (χ2v) is 13.5. The number of fused-ring (bicyclic) bond motifs is 3. The number of hydrogen-bond acceptors (Lipinski definition) is 8. The van der Waals surface area contributed by atoms with Crippen LogP contribution in [0.4, 0.5) is 20.7 Å². The Balaban J connectivity index is 1.28. The van der Waals surface area contributed by atoms with Gasteiger partial charge in [-0.3, -0.25) is 0 Å². The van der Waals surface area contributed by atoms with E-state index in [1.807, 2.05) is 32.9 Å². The fourth-order valence-electron chi connectivity index (χ4n) is 6.15. The van der Waals surface area contributed by atoms with Gasteiger partial charge in [-0.05, 0) is 71.8 Å². The van der Waals surface area contributed by atoms with Crippen molar-refractivity contribution in [3.8, 4) is 11.5 Å². The van der Waals surface area contributed by atoms with Crippen LogP contribution in [-0.4, -0.2) is 76.9 Å². The first kappa shape index (κ1) is 30.0. The number of ether oxygens (including phenoxy) is 3. The zero-order valence-corrected chi connectivity index (χ0v) is 26.2. The number of likely N-dealkylation sites (N-methyl/N-ethyl adjacent to an activating group) is 1. The molecule has 1 N–H and O–H groups in total. The van der Waals surface area contributed by atoms with E-state index < -0.39 is 11.4 Å². The van der Waals surface area contributed by atoms with Gasteiger partial charge in [-0.2, -0.15) is 0 Å². The van der Waals surface area contributed by atoms with Gasteiger partial charge in [0.25, 0.3) is 0 Å². The molecule has 0 radical (unpaired) electrons. The number of likely N-dealkylation sites (tertiary alicyclic amines) is 2. The van der Waals surface area contributed by atoms with Gasteiger partial charge >= 0.3 is 6.09 Å². The average molecular weight is 633 g/mol. The molecule has 0 spiro atoms. The summed E-state index contributed by atoms with van der Waals surface area (Å²) < 4.78 is 33.6. The van der Waals surface area contributed by atoms with Crippen molar-refractivity contribution >= 4 is 51.7 Å². The number of carbonyl (C=O) groups is 1. The standard InChI is InChI=1S/C31H36Cl2FN5O4/c1-31(2,3)43-30(40)39-13-17-10-18(14-39)28(17)42-25-11-20-23(12-24(25)41-15-19-6-5-9-38(19)4)35-16-36-29(20)37-22-8-7-21(32)26(33)27(22)34/h7-8,11-12,16-19,28H,5-6,9-10,13-15H2,1-4H3,(H,35,36,37)/t17-,18+,19-,28+/m1/s1. The molecule has 3 aliphatic rings. The third-order valence-electron chi connectivity index (χ3n) is 8.45. The van der Waals surface area contributed by atoms with E-state index in [1.165, 1.54) is 18.5 Å². The maximum absolute atomic E-state index is 14.9. The van der Waals surface area contributed by atoms with E-state index in [-0.39, 0.29) is 39.8 Å². The number of aromatic nitrogens is 2. The summed E-state index contributed by atoms with van der Waals surface area (Å²) in [6, 6.07) is 7.04. The van der Waals surface area contributed by atoms with E-state index in [0.29, 0.717) is 54.0 Å². The number of hydrogen-bond donors (Lipinski definition) is 1. The quantitative estimate of drug-likeness (QED) is 0.281. The lowest BCUT2D eigenvalue weighted by Crippen LogP contribution is -2.62. The summed E-state index contributed by atoms with van der Waals surface area (Å²) in [7, 11) is 2.11. The van der Waals surface area contributed by atoms with Crippen molar-refractivity contribution in [3.05, 3.63) is 46.5 Å². The topological polar surface area (TPSA) is 89.1 Å². The minimum Gasteiger partial charge on any atom is -0.488 e. The molecule has 3 fully saturated rings. The lowest BCUT2D eigenvalue weighted by atomic mass is 9.68. The van der Waals surface area contributed by atoms with Crippen LogP contribution in [0.3, 0.4) is 0 Å². The number of nitrogens with zero attached hydrogens (tertiary/aromatic N) is 4. The molecule has 12 heteroatoms. The van der Waals surface area contributed by atoms with Crippen LogP contribution in [-0.2, 0) is 4.74 Å². The van der Waals surface area contributed by atoms with Crippen LogP contribution in [0.1, 0.15) is 40.0 Å². The molecule has 2 bridgehead atoms. The molecule has 0 unspecified atom stereocenters. The van der Waals surface area contributed by atoms with E-state index in [1.54, 1.807) is 4.90 Å². The summed E-state index contributed by atoms with van der Waals surface area (Å²) in [5.74, 6) is 1.21. The molecule has 230 valence electrons. The van der Waals surface area contributed by atoms with Gasteiger partial charge < -0.3 is 29.3 Å². The predicted molar refractivity (Wildman–Crippen MR) is 164 cm³/mol. The third-order valence-corrected chi connectivity index (χ3v) is 9.23. The number of anilines is 2. The number of amides is 1. The Labute approximate surface area is 260 Å². The van der Waals surface area contributed by atoms with Crippen LogP contribution in [0, 0.1) is 17.7 Å². The number of halogens is 3. The first-order valence-corrected chi connectivity index (χ1v) is 15.4. The summed E-state index contributed by atoms with van der Waals surface area (Å²) in [4.78, 5) is 25.6. The molecule has 1 aromatic heterocycles. The molecule has 2 aromatic carbocycles. The van der Waals surface area contributed by atoms with Crippen molar-refractivity contribution in [3.63, 3.8) is 0 Å². The molecular formula is C31H36Cl2FN5O4. The fraction of sp³-hybridized carbons (Fsp3) is 0.516. The number of carbonyl (C=O) groups excluding carboxylic acids is 1. The molecular weight excluding hydrogens is 596 g/mol. The van der Waals surface area contributed by atoms with Crippen LogP contribution in [0.2, 0.25) is 10.0 Å². The molecule has 4 atom stereocenters. The Bertz CT molecular complexity index is 1520. The van der Waals surface area contributed by atoms with Gasteiger partial charge in [0.05, 0.1) is 21.2 Å². The van der Waals surface area contributed by atoms with Crippen molar-refractivity contribution in [2.75, 3.05) is 38.6 Å². The molecule has 43 heavy (non-hydrogen) atoms. The fourth-order valence-corrected chi connectivity index (χ4v) is 6.46. The van der Waals surface area contributed by atoms with Gasteiger partial charge in [-0.15, -0.1) is 0 Å². The molecule has 2 saturated heterocycles. The summed E-state index contributed by atoms with van der Waals surface area (Å²) in [5, 5.41) is 3.63. The molecule has 3 aromatic rings. The van der Waals surface area contributed by atoms with Gasteiger partial charge in [-0.1, -0.05) is 23.2 Å². The van der Waals surface area contributed by atoms with Crippen molar-refractivity contribution in [1.29, 1.82) is 0 Å². The highest BCUT2D eigenvalue weighted by molar-refractivity contribution is 6.42. The maximum Gasteiger partial charge on any atom is 0.410 e. The Morgan fingerprint density at radius 2 is 1.91 bits per heavy atom. The number of rotatable bonds is 7. The first-order valence-electron chi connectivity index (χ1n) is 14.6. The Morgan fingerprint density at radius 3 is 2.60 bits per heavy atom. The van der Waals surface area contributed by atoms with Crippen LogP contribution >= 0.6 is 23.2 Å². The molecule has 1 amide bonds. The van der Waals surface area contributed by atoms with Crippen LogP contribution in [0.5, 0.6) is 11.5 Å². The number of piperidine rings is 2. The van der Waals surface area contributed by atoms with Crippen LogP contribution in [0.25, 0.3) is 10.9 Å². The maximum atomic E-state index is 14.9. The zero-order chi connectivity index (χ0) is 30.5. The summed E-state index contributed by atoms with van der Waals surface area (Å²) >= 11 is 12.0. The van der Waals surface area contributed by atoms with Gasteiger partial charge in [0.1, 0.15) is 30.5 Å². The minimum atomic E-state index is -0.671. The van der Waals surface area contributed by atoms with Crippen LogP contribution < -0.4 is 14.8 Å². The van der Waals surface area contributed by atoms with Gasteiger partial charge in [0, 0.05) is 42.4 Å². The van der Waals surface area contributed by atoms with Gasteiger partial charge in [0.2, 0.25) is 0 Å². The van der Waals surface area contributed by atoms with E-state index in [0.717, 1.165) is 25.8 Å². The van der Waals surface area contributed by atoms with E-state index in [2.05, 4.69) is 27.2 Å². The van der Waals surface area contributed by atoms with E-state index in [9.17, 15) is 9.18 Å². The Kier molecular flexibility index (Phi) is 8.21. The van der Waals surface area contributed by atoms with Crippen LogP contribution in [0.15, 0.2) is 30.6 Å². The summed E-state index contributed by atoms with van der Waals surface area (Å²) in [5.41, 5.74) is 0.204. The smallest absolute Gasteiger partial charge is 0.410 e. The molecule has 2 aliphatic heterocycles. The highest BCUT2D eigenvalue weighted by Crippen LogP contribution is 2.45. The molecule has 6 rings (SSSR count). The third kappa shape index (κ3) is 6.28. The SMILES string of the molecule is CN1CCC[C@@H]1COc1cc2ncnc(Nc3ccc(Cl)c(Cl)c3F)c2cc1O[C@H]1[C@@H]2C[C@H]1CN(C(=O)OC(C)(C)C)C2. The molecule has 1 saturated carbocycles. The Hall–Kier alpha value is -3.08. The molecule has 9 nitrogen and oxygen atoms in total. The van der Waals surface area contributed by atoms with Gasteiger partial charge in [0.15, 0.2) is 17.3 Å². The monoisotopic (exact) mass is 631 g/mol. The summed E-state index contributed by atoms with van der Waals surface area (Å²) in [6.45, 7) is 8.31.